The molecule has 2 aromatic rings. The summed E-state index contributed by atoms with van der Waals surface area (Å²) in [5.74, 6) is 0.161. The van der Waals surface area contributed by atoms with Gasteiger partial charge in [-0.2, -0.15) is 0 Å². The monoisotopic (exact) mass is 328 g/mol. The van der Waals surface area contributed by atoms with Crippen LogP contribution in [0, 0.1) is 0 Å². The number of carbonyl (C=O) groups is 1. The predicted molar refractivity (Wildman–Crippen MR) is 95.9 cm³/mol. The summed E-state index contributed by atoms with van der Waals surface area (Å²) in [6.07, 6.45) is 3.16. The lowest BCUT2D eigenvalue weighted by Crippen LogP contribution is -2.45. The van der Waals surface area contributed by atoms with Crippen molar-refractivity contribution in [1.29, 1.82) is 0 Å². The topological polar surface area (TPSA) is 32.3 Å². The minimum atomic E-state index is 0.161. The highest BCUT2D eigenvalue weighted by molar-refractivity contribution is 7.10. The maximum atomic E-state index is 12.5. The van der Waals surface area contributed by atoms with Crippen LogP contribution in [0.15, 0.2) is 47.8 Å². The van der Waals surface area contributed by atoms with Crippen LogP contribution in [-0.4, -0.2) is 29.9 Å². The number of rotatable bonds is 5. The van der Waals surface area contributed by atoms with Crippen LogP contribution in [-0.2, 0) is 0 Å². The Labute approximate surface area is 142 Å². The lowest BCUT2D eigenvalue weighted by Gasteiger charge is -2.34. The summed E-state index contributed by atoms with van der Waals surface area (Å²) in [4.78, 5) is 15.9. The Balaban J connectivity index is 1.53. The molecular formula is C19H24N2OS. The zero-order chi connectivity index (χ0) is 16.1. The molecule has 0 saturated carbocycles. The van der Waals surface area contributed by atoms with Gasteiger partial charge in [0.2, 0.25) is 0 Å². The minimum absolute atomic E-state index is 0.161. The predicted octanol–water partition coefficient (Wildman–Crippen LogP) is 4.09. The third-order valence-electron chi connectivity index (χ3n) is 4.53. The molecule has 2 heterocycles. The first-order valence-corrected chi connectivity index (χ1v) is 9.29. The van der Waals surface area contributed by atoms with E-state index in [0.717, 1.165) is 37.9 Å². The maximum Gasteiger partial charge on any atom is 0.253 e. The van der Waals surface area contributed by atoms with Gasteiger partial charge in [-0.1, -0.05) is 31.2 Å². The van der Waals surface area contributed by atoms with Crippen molar-refractivity contribution in [3.8, 4) is 0 Å². The number of piperidine rings is 1. The molecule has 23 heavy (non-hydrogen) atoms. The molecule has 1 saturated heterocycles. The van der Waals surface area contributed by atoms with Gasteiger partial charge in [0.25, 0.3) is 5.91 Å². The van der Waals surface area contributed by atoms with Gasteiger partial charge in [0.15, 0.2) is 0 Å². The molecular weight excluding hydrogens is 304 g/mol. The fourth-order valence-electron chi connectivity index (χ4n) is 3.19. The molecule has 1 aliphatic heterocycles. The third-order valence-corrected chi connectivity index (χ3v) is 5.52. The van der Waals surface area contributed by atoms with Gasteiger partial charge in [-0.05, 0) is 42.8 Å². The van der Waals surface area contributed by atoms with Crippen molar-refractivity contribution in [3.05, 3.63) is 58.3 Å². The van der Waals surface area contributed by atoms with Gasteiger partial charge in [-0.3, -0.25) is 4.79 Å². The molecule has 1 N–H and O–H groups in total. The summed E-state index contributed by atoms with van der Waals surface area (Å²) in [5, 5.41) is 5.92. The van der Waals surface area contributed by atoms with Gasteiger partial charge >= 0.3 is 0 Å². The molecule has 1 aromatic carbocycles. The van der Waals surface area contributed by atoms with Gasteiger partial charge in [0, 0.05) is 35.6 Å². The van der Waals surface area contributed by atoms with E-state index in [0.29, 0.717) is 12.1 Å². The number of benzene rings is 1. The quantitative estimate of drug-likeness (QED) is 0.896. The standard InChI is InChI=1S/C19H24N2OS/c1-2-17(18-9-6-14-23-18)20-16-10-12-21(13-11-16)19(22)15-7-4-3-5-8-15/h3-9,14,16-17,20H,2,10-13H2,1H3/t17-/m0/s1. The number of hydrogen-bond donors (Lipinski definition) is 1. The fraction of sp³-hybridized carbons (Fsp3) is 0.421. The van der Waals surface area contributed by atoms with E-state index in [-0.39, 0.29) is 5.91 Å². The molecule has 1 fully saturated rings. The van der Waals surface area contributed by atoms with Crippen molar-refractivity contribution >= 4 is 17.2 Å². The normalized spacial score (nSPS) is 17.2. The molecule has 1 aliphatic rings. The van der Waals surface area contributed by atoms with Crippen molar-refractivity contribution in [2.75, 3.05) is 13.1 Å². The molecule has 0 bridgehead atoms. The van der Waals surface area contributed by atoms with E-state index < -0.39 is 0 Å². The molecule has 1 aromatic heterocycles. The van der Waals surface area contributed by atoms with Crippen LogP contribution in [0.1, 0.15) is 47.5 Å². The Morgan fingerprint density at radius 2 is 1.96 bits per heavy atom. The smallest absolute Gasteiger partial charge is 0.253 e. The molecule has 0 aliphatic carbocycles. The van der Waals surface area contributed by atoms with E-state index in [1.165, 1.54) is 4.88 Å². The Morgan fingerprint density at radius 1 is 1.22 bits per heavy atom. The van der Waals surface area contributed by atoms with Crippen LogP contribution in [0.25, 0.3) is 0 Å². The van der Waals surface area contributed by atoms with Crippen LogP contribution >= 0.6 is 11.3 Å². The summed E-state index contributed by atoms with van der Waals surface area (Å²) in [6, 6.07) is 14.9. The molecule has 0 spiro atoms. The van der Waals surface area contributed by atoms with Gasteiger partial charge < -0.3 is 10.2 Å². The number of thiophene rings is 1. The highest BCUT2D eigenvalue weighted by atomic mass is 32.1. The third kappa shape index (κ3) is 4.01. The SMILES string of the molecule is CC[C@H](NC1CCN(C(=O)c2ccccc2)CC1)c1cccs1. The number of carbonyl (C=O) groups excluding carboxylic acids is 1. The number of nitrogens with zero attached hydrogens (tertiary/aromatic N) is 1. The lowest BCUT2D eigenvalue weighted by atomic mass is 10.0. The van der Waals surface area contributed by atoms with Crippen molar-refractivity contribution in [1.82, 2.24) is 10.2 Å². The first kappa shape index (κ1) is 16.2. The first-order chi connectivity index (χ1) is 11.3. The van der Waals surface area contributed by atoms with Gasteiger partial charge in [-0.25, -0.2) is 0 Å². The largest absolute Gasteiger partial charge is 0.339 e. The fourth-order valence-corrected chi connectivity index (χ4v) is 4.06. The summed E-state index contributed by atoms with van der Waals surface area (Å²) in [7, 11) is 0. The number of amides is 1. The average Bonchev–Trinajstić information content (AvgIpc) is 3.15. The van der Waals surface area contributed by atoms with E-state index in [1.807, 2.05) is 46.6 Å². The molecule has 3 nitrogen and oxygen atoms in total. The lowest BCUT2D eigenvalue weighted by molar-refractivity contribution is 0.0701. The molecule has 0 radical (unpaired) electrons. The van der Waals surface area contributed by atoms with Gasteiger partial charge in [-0.15, -0.1) is 11.3 Å². The van der Waals surface area contributed by atoms with E-state index >= 15 is 0 Å². The van der Waals surface area contributed by atoms with E-state index in [9.17, 15) is 4.79 Å². The molecule has 1 atom stereocenters. The van der Waals surface area contributed by atoms with Crippen LogP contribution in [0.5, 0.6) is 0 Å². The van der Waals surface area contributed by atoms with Crippen LogP contribution in [0.4, 0.5) is 0 Å². The molecule has 1 amide bonds. The zero-order valence-electron chi connectivity index (χ0n) is 13.6. The van der Waals surface area contributed by atoms with Crippen molar-refractivity contribution in [2.24, 2.45) is 0 Å². The van der Waals surface area contributed by atoms with Crippen molar-refractivity contribution in [2.45, 2.75) is 38.3 Å². The Morgan fingerprint density at radius 3 is 2.57 bits per heavy atom. The average molecular weight is 328 g/mol. The van der Waals surface area contributed by atoms with Crippen LogP contribution in [0.3, 0.4) is 0 Å². The second-order valence-electron chi connectivity index (χ2n) is 6.08. The van der Waals surface area contributed by atoms with E-state index in [1.54, 1.807) is 0 Å². The Bertz CT molecular complexity index is 604. The maximum absolute atomic E-state index is 12.5. The minimum Gasteiger partial charge on any atom is -0.339 e. The van der Waals surface area contributed by atoms with Crippen LogP contribution in [0.2, 0.25) is 0 Å². The van der Waals surface area contributed by atoms with E-state index in [2.05, 4.69) is 29.8 Å². The second-order valence-corrected chi connectivity index (χ2v) is 7.05. The second kappa shape index (κ2) is 7.75. The molecule has 4 heteroatoms. The summed E-state index contributed by atoms with van der Waals surface area (Å²) < 4.78 is 0. The molecule has 3 rings (SSSR count). The summed E-state index contributed by atoms with van der Waals surface area (Å²) in [5.41, 5.74) is 0.795. The number of likely N-dealkylation sites (tertiary alicyclic amines) is 1. The number of hydrogen-bond acceptors (Lipinski definition) is 3. The highest BCUT2D eigenvalue weighted by Crippen LogP contribution is 2.24. The van der Waals surface area contributed by atoms with Gasteiger partial charge in [0.1, 0.15) is 0 Å². The number of nitrogens with one attached hydrogen (secondary N) is 1. The highest BCUT2D eigenvalue weighted by Gasteiger charge is 2.25. The van der Waals surface area contributed by atoms with Crippen molar-refractivity contribution in [3.63, 3.8) is 0 Å². The summed E-state index contributed by atoms with van der Waals surface area (Å²) in [6.45, 7) is 3.91. The first-order valence-electron chi connectivity index (χ1n) is 8.41. The molecule has 0 unspecified atom stereocenters. The van der Waals surface area contributed by atoms with Crippen molar-refractivity contribution < 1.29 is 4.79 Å². The zero-order valence-corrected chi connectivity index (χ0v) is 14.4. The van der Waals surface area contributed by atoms with E-state index in [4.69, 9.17) is 0 Å². The Hall–Kier alpha value is -1.65. The van der Waals surface area contributed by atoms with Gasteiger partial charge in [0.05, 0.1) is 0 Å². The Kier molecular flexibility index (Phi) is 5.47. The van der Waals surface area contributed by atoms with Crippen LogP contribution < -0.4 is 5.32 Å². The molecule has 122 valence electrons. The summed E-state index contributed by atoms with van der Waals surface area (Å²) >= 11 is 1.82.